The van der Waals surface area contributed by atoms with Gasteiger partial charge >= 0.3 is 0 Å². The Kier molecular flexibility index (Phi) is 2.50. The molecule has 0 unspecified atom stereocenters. The predicted octanol–water partition coefficient (Wildman–Crippen LogP) is 3.86. The summed E-state index contributed by atoms with van der Waals surface area (Å²) in [5, 5.41) is 2.91. The highest BCUT2D eigenvalue weighted by Gasteiger charge is 2.19. The molecule has 20 heavy (non-hydrogen) atoms. The SMILES string of the molecule is O=C(c1ccc2c(c1)OCO2)c1csc2ccccc12. The number of ketones is 1. The topological polar surface area (TPSA) is 35.5 Å². The number of rotatable bonds is 2. The molecule has 0 atom stereocenters. The average Bonchev–Trinajstić information content (AvgIpc) is 3.12. The standard InChI is InChI=1S/C16H10O3S/c17-16(10-5-6-13-14(7-10)19-9-18-13)12-8-20-15-4-2-1-3-11(12)15/h1-8H,9H2. The number of hydrogen-bond donors (Lipinski definition) is 0. The average molecular weight is 282 g/mol. The molecule has 3 nitrogen and oxygen atoms in total. The Hall–Kier alpha value is -2.33. The summed E-state index contributed by atoms with van der Waals surface area (Å²) in [5.74, 6) is 1.34. The first-order valence-corrected chi connectivity index (χ1v) is 7.11. The van der Waals surface area contributed by atoms with Crippen LogP contribution >= 0.6 is 11.3 Å². The summed E-state index contributed by atoms with van der Waals surface area (Å²) in [5.41, 5.74) is 1.36. The first kappa shape index (κ1) is 11.5. The van der Waals surface area contributed by atoms with Crippen molar-refractivity contribution in [2.24, 2.45) is 0 Å². The van der Waals surface area contributed by atoms with Gasteiger partial charge in [0.05, 0.1) is 0 Å². The van der Waals surface area contributed by atoms with Crippen LogP contribution in [0, 0.1) is 0 Å². The third kappa shape index (κ3) is 1.69. The van der Waals surface area contributed by atoms with Crippen molar-refractivity contribution in [1.82, 2.24) is 0 Å². The van der Waals surface area contributed by atoms with Crippen LogP contribution in [-0.2, 0) is 0 Å². The molecule has 0 N–H and O–H groups in total. The molecule has 0 amide bonds. The van der Waals surface area contributed by atoms with Crippen LogP contribution in [0.15, 0.2) is 47.8 Å². The van der Waals surface area contributed by atoms with E-state index in [1.165, 1.54) is 0 Å². The van der Waals surface area contributed by atoms with Crippen LogP contribution in [0.25, 0.3) is 10.1 Å². The lowest BCUT2D eigenvalue weighted by atomic mass is 10.0. The Morgan fingerprint density at radius 1 is 1.05 bits per heavy atom. The van der Waals surface area contributed by atoms with Gasteiger partial charge in [0.2, 0.25) is 6.79 Å². The Bertz CT molecular complexity index is 819. The molecule has 0 saturated carbocycles. The maximum atomic E-state index is 12.6. The van der Waals surface area contributed by atoms with Crippen molar-refractivity contribution in [3.8, 4) is 11.5 Å². The highest BCUT2D eigenvalue weighted by molar-refractivity contribution is 7.17. The van der Waals surface area contributed by atoms with E-state index in [1.54, 1.807) is 29.5 Å². The second kappa shape index (κ2) is 4.35. The number of ether oxygens (including phenoxy) is 2. The molecule has 2 heterocycles. The monoisotopic (exact) mass is 282 g/mol. The summed E-state index contributed by atoms with van der Waals surface area (Å²) in [4.78, 5) is 12.6. The Labute approximate surface area is 119 Å². The Morgan fingerprint density at radius 3 is 2.85 bits per heavy atom. The number of thiophene rings is 1. The van der Waals surface area contributed by atoms with E-state index in [0.717, 1.165) is 15.6 Å². The van der Waals surface area contributed by atoms with E-state index in [-0.39, 0.29) is 12.6 Å². The summed E-state index contributed by atoms with van der Waals surface area (Å²) in [6, 6.07) is 13.2. The molecule has 0 aliphatic carbocycles. The van der Waals surface area contributed by atoms with Crippen LogP contribution in [-0.4, -0.2) is 12.6 Å². The van der Waals surface area contributed by atoms with Gasteiger partial charge < -0.3 is 9.47 Å². The third-order valence-corrected chi connectivity index (χ3v) is 4.32. The minimum atomic E-state index is 0.0146. The van der Waals surface area contributed by atoms with Crippen molar-refractivity contribution in [2.45, 2.75) is 0 Å². The molecule has 0 saturated heterocycles. The molecule has 4 rings (SSSR count). The van der Waals surface area contributed by atoms with E-state index in [2.05, 4.69) is 0 Å². The van der Waals surface area contributed by atoms with Gasteiger partial charge in [-0.15, -0.1) is 11.3 Å². The number of fused-ring (bicyclic) bond motifs is 2. The zero-order valence-electron chi connectivity index (χ0n) is 10.5. The first-order chi connectivity index (χ1) is 9.83. The van der Waals surface area contributed by atoms with Crippen LogP contribution in [0.5, 0.6) is 11.5 Å². The molecule has 3 aromatic rings. The quantitative estimate of drug-likeness (QED) is 0.669. The summed E-state index contributed by atoms with van der Waals surface area (Å²) in [6.07, 6.45) is 0. The van der Waals surface area contributed by atoms with Gasteiger partial charge in [-0.25, -0.2) is 0 Å². The van der Waals surface area contributed by atoms with E-state index >= 15 is 0 Å². The minimum Gasteiger partial charge on any atom is -0.454 e. The predicted molar refractivity (Wildman–Crippen MR) is 77.8 cm³/mol. The van der Waals surface area contributed by atoms with Crippen LogP contribution in [0.3, 0.4) is 0 Å². The molecule has 0 radical (unpaired) electrons. The molecular formula is C16H10O3S. The Morgan fingerprint density at radius 2 is 1.90 bits per heavy atom. The maximum absolute atomic E-state index is 12.6. The zero-order valence-corrected chi connectivity index (χ0v) is 11.3. The van der Waals surface area contributed by atoms with E-state index in [1.807, 2.05) is 29.6 Å². The third-order valence-electron chi connectivity index (χ3n) is 3.36. The lowest BCUT2D eigenvalue weighted by Gasteiger charge is -2.02. The zero-order chi connectivity index (χ0) is 13.5. The van der Waals surface area contributed by atoms with Crippen LogP contribution in [0.4, 0.5) is 0 Å². The molecular weight excluding hydrogens is 272 g/mol. The van der Waals surface area contributed by atoms with Gasteiger partial charge in [-0.3, -0.25) is 4.79 Å². The van der Waals surface area contributed by atoms with Crippen molar-refractivity contribution in [2.75, 3.05) is 6.79 Å². The normalized spacial score (nSPS) is 12.8. The number of carbonyl (C=O) groups is 1. The number of hydrogen-bond acceptors (Lipinski definition) is 4. The van der Waals surface area contributed by atoms with Crippen LogP contribution in [0.1, 0.15) is 15.9 Å². The number of benzene rings is 2. The van der Waals surface area contributed by atoms with E-state index in [0.29, 0.717) is 17.1 Å². The fourth-order valence-electron chi connectivity index (χ4n) is 2.35. The van der Waals surface area contributed by atoms with Gasteiger partial charge in [0.1, 0.15) is 0 Å². The Balaban J connectivity index is 1.80. The molecule has 2 aromatic carbocycles. The lowest BCUT2D eigenvalue weighted by molar-refractivity contribution is 0.104. The molecule has 4 heteroatoms. The molecule has 1 aliphatic rings. The van der Waals surface area contributed by atoms with Gasteiger partial charge in [-0.1, -0.05) is 18.2 Å². The van der Waals surface area contributed by atoms with Crippen LogP contribution in [0.2, 0.25) is 0 Å². The minimum absolute atomic E-state index is 0.0146. The van der Waals surface area contributed by atoms with Crippen molar-refractivity contribution in [3.63, 3.8) is 0 Å². The fourth-order valence-corrected chi connectivity index (χ4v) is 3.29. The smallest absolute Gasteiger partial charge is 0.231 e. The van der Waals surface area contributed by atoms with Gasteiger partial charge in [0.15, 0.2) is 17.3 Å². The lowest BCUT2D eigenvalue weighted by Crippen LogP contribution is -2.00. The van der Waals surface area contributed by atoms with Crippen molar-refractivity contribution in [1.29, 1.82) is 0 Å². The van der Waals surface area contributed by atoms with Crippen LogP contribution < -0.4 is 9.47 Å². The van der Waals surface area contributed by atoms with Crippen molar-refractivity contribution in [3.05, 3.63) is 59.0 Å². The number of carbonyl (C=O) groups excluding carboxylic acids is 1. The first-order valence-electron chi connectivity index (χ1n) is 6.23. The maximum Gasteiger partial charge on any atom is 0.231 e. The second-order valence-electron chi connectivity index (χ2n) is 4.54. The summed E-state index contributed by atoms with van der Waals surface area (Å²) >= 11 is 1.59. The molecule has 98 valence electrons. The van der Waals surface area contributed by atoms with Gasteiger partial charge in [-0.2, -0.15) is 0 Å². The molecule has 1 aliphatic heterocycles. The van der Waals surface area contributed by atoms with Gasteiger partial charge in [-0.05, 0) is 24.3 Å². The fraction of sp³-hybridized carbons (Fsp3) is 0.0625. The summed E-state index contributed by atoms with van der Waals surface area (Å²) in [7, 11) is 0. The van der Waals surface area contributed by atoms with E-state index in [9.17, 15) is 4.79 Å². The largest absolute Gasteiger partial charge is 0.454 e. The molecule has 0 spiro atoms. The molecule has 0 bridgehead atoms. The highest BCUT2D eigenvalue weighted by atomic mass is 32.1. The summed E-state index contributed by atoms with van der Waals surface area (Å²) < 4.78 is 11.7. The van der Waals surface area contributed by atoms with Gasteiger partial charge in [0, 0.05) is 26.6 Å². The van der Waals surface area contributed by atoms with Crippen molar-refractivity contribution < 1.29 is 14.3 Å². The highest BCUT2D eigenvalue weighted by Crippen LogP contribution is 2.34. The molecule has 1 aromatic heterocycles. The summed E-state index contributed by atoms with van der Waals surface area (Å²) in [6.45, 7) is 0.217. The van der Waals surface area contributed by atoms with E-state index < -0.39 is 0 Å². The second-order valence-corrected chi connectivity index (χ2v) is 5.45. The van der Waals surface area contributed by atoms with Gasteiger partial charge in [0.25, 0.3) is 0 Å². The van der Waals surface area contributed by atoms with Crippen molar-refractivity contribution >= 4 is 27.2 Å². The molecule has 0 fully saturated rings. The van der Waals surface area contributed by atoms with E-state index in [4.69, 9.17) is 9.47 Å².